The van der Waals surface area contributed by atoms with Gasteiger partial charge in [-0.05, 0) is 13.8 Å². The summed E-state index contributed by atoms with van der Waals surface area (Å²) in [5.74, 6) is 0. The van der Waals surface area contributed by atoms with Gasteiger partial charge in [0.15, 0.2) is 0 Å². The lowest BCUT2D eigenvalue weighted by molar-refractivity contribution is -0.122. The van der Waals surface area contributed by atoms with Gasteiger partial charge in [0.2, 0.25) is 0 Å². The van der Waals surface area contributed by atoms with E-state index in [1.807, 2.05) is 0 Å². The minimum atomic E-state index is -3.69. The second kappa shape index (κ2) is 8.67. The summed E-state index contributed by atoms with van der Waals surface area (Å²) in [5.41, 5.74) is 0. The standard InChI is InChI=1S/C4H11O4P.CH2O2/c1-3-7-9(5,6)8-4-2;2-1-3/h3-4H2,1-2H3,(H,5,6);1H,(H,2,3). The van der Waals surface area contributed by atoms with E-state index in [0.717, 1.165) is 0 Å². The monoisotopic (exact) mass is 200 g/mol. The molecule has 6 nitrogen and oxygen atoms in total. The zero-order chi connectivity index (χ0) is 10.0. The van der Waals surface area contributed by atoms with E-state index in [9.17, 15) is 4.57 Å². The Hall–Kier alpha value is -0.420. The molecular formula is C5H13O6P. The molecule has 0 spiro atoms. The molecule has 0 aliphatic heterocycles. The summed E-state index contributed by atoms with van der Waals surface area (Å²) in [4.78, 5) is 17.0. The fraction of sp³-hybridized carbons (Fsp3) is 0.800. The Labute approximate surface area is 70.7 Å². The predicted octanol–water partition coefficient (Wildman–Crippen LogP) is 0.861. The van der Waals surface area contributed by atoms with Gasteiger partial charge in [-0.15, -0.1) is 0 Å². The number of hydrogen-bond donors (Lipinski definition) is 2. The molecule has 2 N–H and O–H groups in total. The van der Waals surface area contributed by atoms with Crippen molar-refractivity contribution < 1.29 is 28.4 Å². The second-order valence-corrected chi connectivity index (χ2v) is 2.86. The molecule has 12 heavy (non-hydrogen) atoms. The zero-order valence-corrected chi connectivity index (χ0v) is 7.86. The van der Waals surface area contributed by atoms with Crippen molar-refractivity contribution >= 4 is 14.3 Å². The maximum absolute atomic E-state index is 10.5. The summed E-state index contributed by atoms with van der Waals surface area (Å²) in [6.45, 7) is 3.38. The van der Waals surface area contributed by atoms with Gasteiger partial charge in [0.25, 0.3) is 6.47 Å². The minimum Gasteiger partial charge on any atom is -0.483 e. The molecule has 0 aromatic heterocycles. The third kappa shape index (κ3) is 12.3. The molecule has 0 radical (unpaired) electrons. The highest BCUT2D eigenvalue weighted by Gasteiger charge is 2.17. The van der Waals surface area contributed by atoms with Crippen LogP contribution >= 0.6 is 7.82 Å². The molecule has 0 fully saturated rings. The first-order valence-electron chi connectivity index (χ1n) is 3.23. The highest BCUT2D eigenvalue weighted by atomic mass is 31.2. The Bertz CT molecular complexity index is 137. The third-order valence-corrected chi connectivity index (χ3v) is 1.75. The van der Waals surface area contributed by atoms with Crippen LogP contribution in [0.15, 0.2) is 0 Å². The molecule has 0 aliphatic rings. The molecule has 74 valence electrons. The van der Waals surface area contributed by atoms with Crippen molar-refractivity contribution in [2.45, 2.75) is 13.8 Å². The van der Waals surface area contributed by atoms with Crippen LogP contribution in [0, 0.1) is 0 Å². The van der Waals surface area contributed by atoms with Crippen LogP contribution in [0.2, 0.25) is 0 Å². The summed E-state index contributed by atoms with van der Waals surface area (Å²) >= 11 is 0. The lowest BCUT2D eigenvalue weighted by Gasteiger charge is -2.07. The molecule has 0 rings (SSSR count). The highest BCUT2D eigenvalue weighted by molar-refractivity contribution is 7.47. The fourth-order valence-corrected chi connectivity index (χ4v) is 1.09. The third-order valence-electron chi connectivity index (χ3n) is 0.584. The molecule has 7 heteroatoms. The average molecular weight is 200 g/mol. The van der Waals surface area contributed by atoms with Crippen LogP contribution < -0.4 is 0 Å². The van der Waals surface area contributed by atoms with Crippen LogP contribution in [0.5, 0.6) is 0 Å². The smallest absolute Gasteiger partial charge is 0.472 e. The molecule has 0 aromatic carbocycles. The normalized spacial score (nSPS) is 9.92. The van der Waals surface area contributed by atoms with Gasteiger partial charge in [0, 0.05) is 0 Å². The number of phosphoric acid groups is 1. The minimum absolute atomic E-state index is 0.188. The van der Waals surface area contributed by atoms with Gasteiger partial charge in [-0.1, -0.05) is 0 Å². The van der Waals surface area contributed by atoms with Crippen LogP contribution in [0.1, 0.15) is 13.8 Å². The Kier molecular flexibility index (Phi) is 10.2. The Morgan fingerprint density at radius 1 is 1.33 bits per heavy atom. The molecule has 0 heterocycles. The number of carboxylic acid groups (broad SMARTS) is 1. The molecule has 0 unspecified atom stereocenters. The first-order chi connectivity index (χ1) is 5.54. The van der Waals surface area contributed by atoms with E-state index >= 15 is 0 Å². The summed E-state index contributed by atoms with van der Waals surface area (Å²) in [6, 6.07) is 0. The maximum atomic E-state index is 10.5. The van der Waals surface area contributed by atoms with E-state index < -0.39 is 7.82 Å². The molecule has 0 saturated carbocycles. The van der Waals surface area contributed by atoms with Crippen molar-refractivity contribution in [1.82, 2.24) is 0 Å². The molecule has 0 atom stereocenters. The van der Waals surface area contributed by atoms with Crippen molar-refractivity contribution in [3.05, 3.63) is 0 Å². The van der Waals surface area contributed by atoms with Gasteiger partial charge >= 0.3 is 7.82 Å². The molecule has 0 bridgehead atoms. The topological polar surface area (TPSA) is 93.1 Å². The Morgan fingerprint density at radius 2 is 1.58 bits per heavy atom. The Balaban J connectivity index is 0. The summed E-state index contributed by atoms with van der Waals surface area (Å²) in [5, 5.41) is 6.89. The van der Waals surface area contributed by atoms with Crippen molar-refractivity contribution in [2.24, 2.45) is 0 Å². The van der Waals surface area contributed by atoms with Crippen LogP contribution in [0.4, 0.5) is 0 Å². The van der Waals surface area contributed by atoms with Crippen LogP contribution in [-0.4, -0.2) is 29.7 Å². The van der Waals surface area contributed by atoms with E-state index in [2.05, 4.69) is 9.05 Å². The van der Waals surface area contributed by atoms with Crippen LogP contribution in [-0.2, 0) is 18.4 Å². The van der Waals surface area contributed by atoms with E-state index in [4.69, 9.17) is 14.8 Å². The van der Waals surface area contributed by atoms with Crippen LogP contribution in [0.25, 0.3) is 0 Å². The molecule has 0 aromatic rings. The van der Waals surface area contributed by atoms with E-state index in [1.54, 1.807) is 13.8 Å². The molecular weight excluding hydrogens is 187 g/mol. The predicted molar refractivity (Wildman–Crippen MR) is 41.8 cm³/mol. The number of carbonyl (C=O) groups is 1. The van der Waals surface area contributed by atoms with Crippen molar-refractivity contribution in [2.75, 3.05) is 13.2 Å². The zero-order valence-electron chi connectivity index (χ0n) is 6.97. The fourth-order valence-electron chi connectivity index (χ4n) is 0.364. The second-order valence-electron chi connectivity index (χ2n) is 1.41. The van der Waals surface area contributed by atoms with E-state index in [-0.39, 0.29) is 19.7 Å². The lowest BCUT2D eigenvalue weighted by Crippen LogP contribution is -1.93. The van der Waals surface area contributed by atoms with Gasteiger partial charge in [0.1, 0.15) is 0 Å². The first-order valence-corrected chi connectivity index (χ1v) is 4.73. The van der Waals surface area contributed by atoms with Crippen LogP contribution in [0.3, 0.4) is 0 Å². The molecule has 0 saturated heterocycles. The van der Waals surface area contributed by atoms with Gasteiger partial charge in [0.05, 0.1) is 13.2 Å². The molecule has 0 amide bonds. The quantitative estimate of drug-likeness (QED) is 0.516. The van der Waals surface area contributed by atoms with Crippen molar-refractivity contribution in [3.63, 3.8) is 0 Å². The first kappa shape index (κ1) is 14.1. The SMILES string of the molecule is CCOP(=O)(O)OCC.O=CO. The van der Waals surface area contributed by atoms with Gasteiger partial charge in [-0.3, -0.25) is 13.8 Å². The largest absolute Gasteiger partial charge is 0.483 e. The van der Waals surface area contributed by atoms with E-state index in [1.165, 1.54) is 0 Å². The van der Waals surface area contributed by atoms with E-state index in [0.29, 0.717) is 0 Å². The van der Waals surface area contributed by atoms with Crippen molar-refractivity contribution in [1.29, 1.82) is 0 Å². The number of hydrogen-bond acceptors (Lipinski definition) is 4. The summed E-state index contributed by atoms with van der Waals surface area (Å²) in [6.07, 6.45) is 0. The van der Waals surface area contributed by atoms with Crippen molar-refractivity contribution in [3.8, 4) is 0 Å². The summed E-state index contributed by atoms with van der Waals surface area (Å²) in [7, 11) is -3.69. The molecule has 0 aliphatic carbocycles. The summed E-state index contributed by atoms with van der Waals surface area (Å²) < 4.78 is 19.2. The van der Waals surface area contributed by atoms with Gasteiger partial charge < -0.3 is 10.00 Å². The maximum Gasteiger partial charge on any atom is 0.472 e. The number of phosphoric ester groups is 1. The highest BCUT2D eigenvalue weighted by Crippen LogP contribution is 2.42. The lowest BCUT2D eigenvalue weighted by atomic mass is 10.9. The Morgan fingerprint density at radius 3 is 1.75 bits per heavy atom. The number of rotatable bonds is 4. The average Bonchev–Trinajstić information content (AvgIpc) is 1.88. The van der Waals surface area contributed by atoms with Gasteiger partial charge in [-0.25, -0.2) is 4.57 Å². The van der Waals surface area contributed by atoms with Gasteiger partial charge in [-0.2, -0.15) is 0 Å².